The van der Waals surface area contributed by atoms with Crippen molar-refractivity contribution in [2.24, 2.45) is 0 Å². The highest BCUT2D eigenvalue weighted by atomic mass is 16.2. The van der Waals surface area contributed by atoms with Crippen LogP contribution in [0.2, 0.25) is 0 Å². The fourth-order valence-electron chi connectivity index (χ4n) is 3.72. The maximum atomic E-state index is 12.2. The molecule has 3 aromatic rings. The van der Waals surface area contributed by atoms with Crippen molar-refractivity contribution in [1.82, 2.24) is 19.4 Å². The molecular weight excluding hydrogens is 382 g/mol. The third kappa shape index (κ3) is 3.78. The van der Waals surface area contributed by atoms with Crippen molar-refractivity contribution in [1.29, 1.82) is 0 Å². The SMILES string of the molecule is CCn1c(N)cc(=O)c2cnc(Nc3ccc(N4CCN(C(C)=O)CC4)cc3)nc21. The number of amides is 1. The second-order valence-electron chi connectivity index (χ2n) is 7.27. The fourth-order valence-corrected chi connectivity index (χ4v) is 3.72. The Morgan fingerprint density at radius 1 is 1.17 bits per heavy atom. The van der Waals surface area contributed by atoms with Crippen molar-refractivity contribution >= 4 is 40.1 Å². The summed E-state index contributed by atoms with van der Waals surface area (Å²) in [6, 6.07) is 9.40. The Labute approximate surface area is 174 Å². The molecule has 0 spiro atoms. The minimum atomic E-state index is -0.187. The highest BCUT2D eigenvalue weighted by Gasteiger charge is 2.18. The Kier molecular flexibility index (Phi) is 5.26. The summed E-state index contributed by atoms with van der Waals surface area (Å²) in [5, 5.41) is 3.63. The first kappa shape index (κ1) is 19.7. The molecular formula is C21H25N7O2. The Morgan fingerprint density at radius 2 is 1.87 bits per heavy atom. The van der Waals surface area contributed by atoms with Crippen molar-refractivity contribution in [3.8, 4) is 0 Å². The number of carbonyl (C=O) groups is 1. The van der Waals surface area contributed by atoms with Crippen LogP contribution < -0.4 is 21.4 Å². The standard InChI is InChI=1S/C21H25N7O2/c1-3-28-19(22)12-18(30)17-13-23-21(25-20(17)28)24-15-4-6-16(7-5-15)27-10-8-26(9-11-27)14(2)29/h4-7,12-13H,3,8-11,22H2,1-2H3,(H,23,24,25). The number of anilines is 4. The molecule has 0 atom stereocenters. The summed E-state index contributed by atoms with van der Waals surface area (Å²) >= 11 is 0. The lowest BCUT2D eigenvalue weighted by Crippen LogP contribution is -2.48. The van der Waals surface area contributed by atoms with Gasteiger partial charge in [0.15, 0.2) is 11.1 Å². The second-order valence-corrected chi connectivity index (χ2v) is 7.27. The van der Waals surface area contributed by atoms with E-state index < -0.39 is 0 Å². The van der Waals surface area contributed by atoms with Gasteiger partial charge >= 0.3 is 0 Å². The molecule has 0 radical (unpaired) electrons. The average Bonchev–Trinajstić information content (AvgIpc) is 2.74. The maximum Gasteiger partial charge on any atom is 0.229 e. The largest absolute Gasteiger partial charge is 0.385 e. The molecule has 1 aromatic carbocycles. The van der Waals surface area contributed by atoms with Gasteiger partial charge in [0.2, 0.25) is 11.9 Å². The third-order valence-corrected chi connectivity index (χ3v) is 5.41. The summed E-state index contributed by atoms with van der Waals surface area (Å²) in [7, 11) is 0. The van der Waals surface area contributed by atoms with Gasteiger partial charge in [0.1, 0.15) is 5.82 Å². The van der Waals surface area contributed by atoms with Crippen LogP contribution in [0, 0.1) is 0 Å². The highest BCUT2D eigenvalue weighted by molar-refractivity contribution is 5.78. The summed E-state index contributed by atoms with van der Waals surface area (Å²) in [4.78, 5) is 36.6. The number of piperazine rings is 1. The van der Waals surface area contributed by atoms with E-state index >= 15 is 0 Å². The molecule has 30 heavy (non-hydrogen) atoms. The first-order valence-electron chi connectivity index (χ1n) is 10.00. The maximum absolute atomic E-state index is 12.2. The van der Waals surface area contributed by atoms with Crippen LogP contribution in [0.5, 0.6) is 0 Å². The van der Waals surface area contributed by atoms with Crippen LogP contribution in [-0.4, -0.2) is 51.5 Å². The van der Waals surface area contributed by atoms with E-state index in [1.165, 1.54) is 12.3 Å². The zero-order chi connectivity index (χ0) is 21.3. The zero-order valence-electron chi connectivity index (χ0n) is 17.1. The third-order valence-electron chi connectivity index (χ3n) is 5.41. The topological polar surface area (TPSA) is 109 Å². The molecule has 3 heterocycles. The van der Waals surface area contributed by atoms with Crippen LogP contribution in [0.4, 0.5) is 23.1 Å². The molecule has 1 fully saturated rings. The molecule has 4 rings (SSSR count). The number of aromatic nitrogens is 3. The van der Waals surface area contributed by atoms with E-state index in [2.05, 4.69) is 20.2 Å². The summed E-state index contributed by atoms with van der Waals surface area (Å²) in [5.41, 5.74) is 8.25. The highest BCUT2D eigenvalue weighted by Crippen LogP contribution is 2.22. The first-order chi connectivity index (χ1) is 14.5. The van der Waals surface area contributed by atoms with Crippen LogP contribution >= 0.6 is 0 Å². The van der Waals surface area contributed by atoms with Crippen LogP contribution in [0.3, 0.4) is 0 Å². The van der Waals surface area contributed by atoms with Crippen LogP contribution in [0.25, 0.3) is 11.0 Å². The molecule has 9 nitrogen and oxygen atoms in total. The van der Waals surface area contributed by atoms with Gasteiger partial charge in [0.05, 0.1) is 5.39 Å². The lowest BCUT2D eigenvalue weighted by Gasteiger charge is -2.35. The number of pyridine rings is 1. The van der Waals surface area contributed by atoms with Crippen molar-refractivity contribution in [3.05, 3.63) is 46.8 Å². The Hall–Kier alpha value is -3.62. The number of carbonyl (C=O) groups excluding carboxylic acids is 1. The number of nitrogens with two attached hydrogens (primary N) is 1. The number of hydrogen-bond acceptors (Lipinski definition) is 7. The molecule has 0 aliphatic carbocycles. The van der Waals surface area contributed by atoms with Gasteiger partial charge in [-0.2, -0.15) is 4.98 Å². The fraction of sp³-hybridized carbons (Fsp3) is 0.333. The van der Waals surface area contributed by atoms with E-state index in [9.17, 15) is 9.59 Å². The van der Waals surface area contributed by atoms with Crippen LogP contribution in [0.15, 0.2) is 41.3 Å². The molecule has 1 aliphatic heterocycles. The van der Waals surface area contributed by atoms with Gasteiger partial charge in [-0.15, -0.1) is 0 Å². The Balaban J connectivity index is 1.52. The quantitative estimate of drug-likeness (QED) is 0.679. The predicted molar refractivity (Wildman–Crippen MR) is 118 cm³/mol. The molecule has 0 bridgehead atoms. The van der Waals surface area contributed by atoms with E-state index in [0.717, 1.165) is 37.6 Å². The number of aryl methyl sites for hydroxylation is 1. The lowest BCUT2D eigenvalue weighted by atomic mass is 10.2. The van der Waals surface area contributed by atoms with Gasteiger partial charge in [-0.3, -0.25) is 9.59 Å². The number of hydrogen-bond donors (Lipinski definition) is 2. The number of nitrogens with zero attached hydrogens (tertiary/aromatic N) is 5. The molecule has 1 amide bonds. The number of fused-ring (bicyclic) bond motifs is 1. The van der Waals surface area contributed by atoms with Gasteiger partial charge in [0.25, 0.3) is 0 Å². The van der Waals surface area contributed by atoms with Crippen LogP contribution in [-0.2, 0) is 11.3 Å². The molecule has 0 saturated carbocycles. The number of benzene rings is 1. The molecule has 1 saturated heterocycles. The second kappa shape index (κ2) is 8.02. The summed E-state index contributed by atoms with van der Waals surface area (Å²) < 4.78 is 1.79. The minimum absolute atomic E-state index is 0.125. The normalized spacial score (nSPS) is 14.2. The van der Waals surface area contributed by atoms with Crippen molar-refractivity contribution in [2.45, 2.75) is 20.4 Å². The van der Waals surface area contributed by atoms with E-state index in [1.54, 1.807) is 11.5 Å². The molecule has 156 valence electrons. The van der Waals surface area contributed by atoms with E-state index in [1.807, 2.05) is 36.1 Å². The summed E-state index contributed by atoms with van der Waals surface area (Å²) in [6.07, 6.45) is 1.53. The Bertz CT molecular complexity index is 1130. The van der Waals surface area contributed by atoms with E-state index in [0.29, 0.717) is 29.3 Å². The number of rotatable bonds is 4. The van der Waals surface area contributed by atoms with Gasteiger partial charge in [-0.1, -0.05) is 0 Å². The number of nitrogen functional groups attached to an aromatic ring is 1. The number of nitrogens with one attached hydrogen (secondary N) is 1. The Morgan fingerprint density at radius 3 is 2.50 bits per heavy atom. The molecule has 0 unspecified atom stereocenters. The molecule has 1 aliphatic rings. The van der Waals surface area contributed by atoms with Crippen LogP contribution in [0.1, 0.15) is 13.8 Å². The minimum Gasteiger partial charge on any atom is -0.385 e. The molecule has 9 heteroatoms. The predicted octanol–water partition coefficient (Wildman–Crippen LogP) is 1.81. The average molecular weight is 407 g/mol. The molecule has 3 N–H and O–H groups in total. The van der Waals surface area contributed by atoms with Crippen molar-refractivity contribution < 1.29 is 4.79 Å². The lowest BCUT2D eigenvalue weighted by molar-refractivity contribution is -0.129. The van der Waals surface area contributed by atoms with Gasteiger partial charge in [0, 0.05) is 63.3 Å². The summed E-state index contributed by atoms with van der Waals surface area (Å²) in [5.74, 6) is 0.909. The van der Waals surface area contributed by atoms with E-state index in [4.69, 9.17) is 5.73 Å². The monoisotopic (exact) mass is 407 g/mol. The van der Waals surface area contributed by atoms with Gasteiger partial charge < -0.3 is 25.4 Å². The first-order valence-corrected chi connectivity index (χ1v) is 10.00. The zero-order valence-corrected chi connectivity index (χ0v) is 17.1. The van der Waals surface area contributed by atoms with Gasteiger partial charge in [-0.25, -0.2) is 4.98 Å². The summed E-state index contributed by atoms with van der Waals surface area (Å²) in [6.45, 7) is 7.27. The van der Waals surface area contributed by atoms with E-state index in [-0.39, 0.29) is 11.3 Å². The molecule has 2 aromatic heterocycles. The van der Waals surface area contributed by atoms with Crippen molar-refractivity contribution in [3.63, 3.8) is 0 Å². The van der Waals surface area contributed by atoms with Gasteiger partial charge in [-0.05, 0) is 31.2 Å². The smallest absolute Gasteiger partial charge is 0.229 e. The van der Waals surface area contributed by atoms with Crippen molar-refractivity contribution in [2.75, 3.05) is 42.1 Å².